The Kier molecular flexibility index (Phi) is 5.81. The molecule has 0 aliphatic heterocycles. The van der Waals surface area contributed by atoms with Gasteiger partial charge in [-0.1, -0.05) is 48.5 Å². The van der Waals surface area contributed by atoms with Crippen molar-refractivity contribution >= 4 is 16.9 Å². The highest BCUT2D eigenvalue weighted by molar-refractivity contribution is 5.83. The second-order valence-electron chi connectivity index (χ2n) is 6.15. The highest BCUT2D eigenvalue weighted by Gasteiger charge is 2.19. The quantitative estimate of drug-likeness (QED) is 0.738. The van der Waals surface area contributed by atoms with Crippen molar-refractivity contribution in [3.63, 3.8) is 0 Å². The lowest BCUT2D eigenvalue weighted by atomic mass is 10.0. The standard InChI is InChI=1S/C21H22N2O3/c1-26-21(25)23(15-20(24)19-7-4-11-22-14-19)12-10-16-8-9-17-5-2-3-6-18(17)13-16/h2-9,11,13-14,20,24H,10,12,15H2,1H3. The van der Waals surface area contributed by atoms with Gasteiger partial charge in [-0.25, -0.2) is 4.79 Å². The topological polar surface area (TPSA) is 62.7 Å². The summed E-state index contributed by atoms with van der Waals surface area (Å²) in [5.74, 6) is 0. The molecule has 1 heterocycles. The third kappa shape index (κ3) is 4.37. The number of benzene rings is 2. The number of ether oxygens (including phenoxy) is 1. The molecule has 5 heteroatoms. The molecular formula is C21H22N2O3. The minimum absolute atomic E-state index is 0.159. The number of pyridine rings is 1. The number of carbonyl (C=O) groups excluding carboxylic acids is 1. The molecule has 5 nitrogen and oxygen atoms in total. The Hall–Kier alpha value is -2.92. The minimum Gasteiger partial charge on any atom is -0.453 e. The molecule has 0 aliphatic carbocycles. The molecule has 1 atom stereocenters. The Labute approximate surface area is 152 Å². The van der Waals surface area contributed by atoms with Crippen LogP contribution in [-0.2, 0) is 11.2 Å². The fourth-order valence-corrected chi connectivity index (χ4v) is 2.93. The van der Waals surface area contributed by atoms with Gasteiger partial charge in [-0.3, -0.25) is 4.98 Å². The lowest BCUT2D eigenvalue weighted by Crippen LogP contribution is -2.36. The van der Waals surface area contributed by atoms with Crippen LogP contribution < -0.4 is 0 Å². The van der Waals surface area contributed by atoms with Crippen LogP contribution in [0.5, 0.6) is 0 Å². The monoisotopic (exact) mass is 350 g/mol. The van der Waals surface area contributed by atoms with Gasteiger partial charge in [0.15, 0.2) is 0 Å². The molecule has 1 unspecified atom stereocenters. The van der Waals surface area contributed by atoms with E-state index in [9.17, 15) is 9.90 Å². The summed E-state index contributed by atoms with van der Waals surface area (Å²) in [6, 6.07) is 18.0. The molecule has 1 amide bonds. The van der Waals surface area contributed by atoms with Gasteiger partial charge in [0, 0.05) is 24.5 Å². The number of aromatic nitrogens is 1. The number of methoxy groups -OCH3 is 1. The van der Waals surface area contributed by atoms with E-state index < -0.39 is 12.2 Å². The molecule has 0 radical (unpaired) electrons. The van der Waals surface area contributed by atoms with Gasteiger partial charge in [-0.05, 0) is 28.8 Å². The molecule has 0 fully saturated rings. The number of amides is 1. The van der Waals surface area contributed by atoms with Gasteiger partial charge in [0.2, 0.25) is 0 Å². The molecule has 134 valence electrons. The third-order valence-electron chi connectivity index (χ3n) is 4.38. The van der Waals surface area contributed by atoms with Crippen molar-refractivity contribution in [1.82, 2.24) is 9.88 Å². The molecule has 0 saturated carbocycles. The summed E-state index contributed by atoms with van der Waals surface area (Å²) in [7, 11) is 1.35. The van der Waals surface area contributed by atoms with Gasteiger partial charge in [0.05, 0.1) is 19.8 Å². The van der Waals surface area contributed by atoms with Crippen molar-refractivity contribution in [2.75, 3.05) is 20.2 Å². The summed E-state index contributed by atoms with van der Waals surface area (Å²) in [6.07, 6.45) is 2.67. The summed E-state index contributed by atoms with van der Waals surface area (Å²) >= 11 is 0. The van der Waals surface area contributed by atoms with Gasteiger partial charge >= 0.3 is 6.09 Å². The zero-order valence-electron chi connectivity index (χ0n) is 14.7. The molecule has 26 heavy (non-hydrogen) atoms. The maximum atomic E-state index is 12.1. The van der Waals surface area contributed by atoms with Crippen LogP contribution in [0.3, 0.4) is 0 Å². The molecule has 2 aromatic carbocycles. The molecular weight excluding hydrogens is 328 g/mol. The molecule has 3 rings (SSSR count). The van der Waals surface area contributed by atoms with Crippen LogP contribution >= 0.6 is 0 Å². The summed E-state index contributed by atoms with van der Waals surface area (Å²) in [5.41, 5.74) is 1.81. The maximum absolute atomic E-state index is 12.1. The second kappa shape index (κ2) is 8.45. The number of rotatable bonds is 6. The van der Waals surface area contributed by atoms with E-state index >= 15 is 0 Å². The smallest absolute Gasteiger partial charge is 0.409 e. The number of fused-ring (bicyclic) bond motifs is 1. The SMILES string of the molecule is COC(=O)N(CCc1ccc2ccccc2c1)CC(O)c1cccnc1. The summed E-state index contributed by atoms with van der Waals surface area (Å²) in [4.78, 5) is 17.6. The largest absolute Gasteiger partial charge is 0.453 e. The van der Waals surface area contributed by atoms with Crippen LogP contribution in [-0.4, -0.2) is 41.3 Å². The Bertz CT molecular complexity index is 867. The fourth-order valence-electron chi connectivity index (χ4n) is 2.93. The summed E-state index contributed by atoms with van der Waals surface area (Å²) in [5, 5.41) is 12.7. The van der Waals surface area contributed by atoms with Gasteiger partial charge in [0.25, 0.3) is 0 Å². The van der Waals surface area contributed by atoms with E-state index in [1.54, 1.807) is 24.5 Å². The zero-order chi connectivity index (χ0) is 18.4. The van der Waals surface area contributed by atoms with Crippen molar-refractivity contribution in [2.45, 2.75) is 12.5 Å². The van der Waals surface area contributed by atoms with E-state index in [0.29, 0.717) is 18.5 Å². The van der Waals surface area contributed by atoms with E-state index in [1.165, 1.54) is 22.8 Å². The van der Waals surface area contributed by atoms with Crippen LogP contribution in [0.15, 0.2) is 67.0 Å². The molecule has 0 aliphatic rings. The van der Waals surface area contributed by atoms with Gasteiger partial charge < -0.3 is 14.7 Å². The third-order valence-corrected chi connectivity index (χ3v) is 4.38. The lowest BCUT2D eigenvalue weighted by Gasteiger charge is -2.24. The molecule has 3 aromatic rings. The summed E-state index contributed by atoms with van der Waals surface area (Å²) < 4.78 is 4.87. The number of carbonyl (C=O) groups is 1. The average molecular weight is 350 g/mol. The van der Waals surface area contributed by atoms with E-state index in [1.807, 2.05) is 12.1 Å². The van der Waals surface area contributed by atoms with Gasteiger partial charge in [-0.2, -0.15) is 0 Å². The van der Waals surface area contributed by atoms with Crippen molar-refractivity contribution in [1.29, 1.82) is 0 Å². The fraction of sp³-hybridized carbons (Fsp3) is 0.238. The average Bonchev–Trinajstić information content (AvgIpc) is 2.70. The van der Waals surface area contributed by atoms with E-state index in [0.717, 1.165) is 5.56 Å². The number of hydrogen-bond donors (Lipinski definition) is 1. The zero-order valence-corrected chi connectivity index (χ0v) is 14.7. The maximum Gasteiger partial charge on any atom is 0.409 e. The second-order valence-corrected chi connectivity index (χ2v) is 6.15. The number of nitrogens with zero attached hydrogens (tertiary/aromatic N) is 2. The molecule has 1 N–H and O–H groups in total. The van der Waals surface area contributed by atoms with E-state index in [2.05, 4.69) is 35.3 Å². The van der Waals surface area contributed by atoms with Crippen LogP contribution in [0.1, 0.15) is 17.2 Å². The first kappa shape index (κ1) is 17.9. The first-order valence-electron chi connectivity index (χ1n) is 8.56. The van der Waals surface area contributed by atoms with Crippen molar-refractivity contribution in [3.05, 3.63) is 78.1 Å². The normalized spacial score (nSPS) is 11.9. The van der Waals surface area contributed by atoms with Crippen LogP contribution in [0.4, 0.5) is 4.79 Å². The Morgan fingerprint density at radius 3 is 2.69 bits per heavy atom. The van der Waals surface area contributed by atoms with Crippen molar-refractivity contribution < 1.29 is 14.6 Å². The first-order valence-corrected chi connectivity index (χ1v) is 8.56. The Morgan fingerprint density at radius 1 is 1.15 bits per heavy atom. The predicted molar refractivity (Wildman–Crippen MR) is 101 cm³/mol. The Morgan fingerprint density at radius 2 is 1.96 bits per heavy atom. The lowest BCUT2D eigenvalue weighted by molar-refractivity contribution is 0.0857. The van der Waals surface area contributed by atoms with E-state index in [4.69, 9.17) is 4.74 Å². The number of hydrogen-bond acceptors (Lipinski definition) is 4. The minimum atomic E-state index is -0.806. The van der Waals surface area contributed by atoms with Crippen LogP contribution in [0.2, 0.25) is 0 Å². The van der Waals surface area contributed by atoms with Crippen LogP contribution in [0.25, 0.3) is 10.8 Å². The number of aliphatic hydroxyl groups excluding tert-OH is 1. The summed E-state index contributed by atoms with van der Waals surface area (Å²) in [6.45, 7) is 0.619. The first-order chi connectivity index (χ1) is 12.7. The van der Waals surface area contributed by atoms with Crippen molar-refractivity contribution in [3.8, 4) is 0 Å². The highest BCUT2D eigenvalue weighted by Crippen LogP contribution is 2.17. The van der Waals surface area contributed by atoms with E-state index in [-0.39, 0.29) is 6.54 Å². The highest BCUT2D eigenvalue weighted by atomic mass is 16.5. The number of aliphatic hydroxyl groups is 1. The molecule has 0 bridgehead atoms. The van der Waals surface area contributed by atoms with Crippen LogP contribution in [0, 0.1) is 0 Å². The van der Waals surface area contributed by atoms with Gasteiger partial charge in [-0.15, -0.1) is 0 Å². The molecule has 0 saturated heterocycles. The predicted octanol–water partition coefficient (Wildman–Crippen LogP) is 3.58. The molecule has 1 aromatic heterocycles. The van der Waals surface area contributed by atoms with Gasteiger partial charge in [0.1, 0.15) is 0 Å². The Balaban J connectivity index is 1.68. The molecule has 0 spiro atoms. The van der Waals surface area contributed by atoms with Crippen molar-refractivity contribution in [2.24, 2.45) is 0 Å².